The van der Waals surface area contributed by atoms with Gasteiger partial charge in [-0.25, -0.2) is 8.42 Å². The highest BCUT2D eigenvalue weighted by atomic mass is 32.2. The molecule has 14 heavy (non-hydrogen) atoms. The van der Waals surface area contributed by atoms with Crippen LogP contribution < -0.4 is 10.3 Å². The molecule has 2 N–H and O–H groups in total. The lowest BCUT2D eigenvalue weighted by molar-refractivity contribution is 0.0945. The Hall–Kier alpha value is -1.47. The van der Waals surface area contributed by atoms with Crippen LogP contribution in [0.5, 0.6) is 0 Å². The molecule has 0 aliphatic rings. The van der Waals surface area contributed by atoms with Crippen molar-refractivity contribution < 1.29 is 13.2 Å². The Morgan fingerprint density at radius 3 is 2.71 bits per heavy atom. The van der Waals surface area contributed by atoms with E-state index in [-0.39, 0.29) is 5.56 Å². The fourth-order valence-corrected chi connectivity index (χ4v) is 0.986. The molecule has 1 rings (SSSR count). The minimum absolute atomic E-state index is 0.281. The summed E-state index contributed by atoms with van der Waals surface area (Å²) in [4.78, 5) is 16.8. The van der Waals surface area contributed by atoms with Gasteiger partial charge >= 0.3 is 0 Å². The summed E-state index contributed by atoms with van der Waals surface area (Å²) in [7, 11) is -3.43. The number of carbonyl (C=O) groups excluding carboxylic acids is 1. The Morgan fingerprint density at radius 2 is 2.21 bits per heavy atom. The molecule has 0 aromatic carbocycles. The maximum absolute atomic E-state index is 11.2. The second kappa shape index (κ2) is 4.16. The van der Waals surface area contributed by atoms with E-state index in [9.17, 15) is 13.2 Å². The van der Waals surface area contributed by atoms with Crippen molar-refractivity contribution >= 4 is 15.9 Å². The van der Waals surface area contributed by atoms with E-state index in [1.165, 1.54) is 18.5 Å². The van der Waals surface area contributed by atoms with Gasteiger partial charge in [0, 0.05) is 12.4 Å². The average molecular weight is 215 g/mol. The van der Waals surface area contributed by atoms with Crippen molar-refractivity contribution in [1.82, 2.24) is 15.2 Å². The first kappa shape index (κ1) is 10.6. The highest BCUT2D eigenvalue weighted by Crippen LogP contribution is 1.93. The molecule has 6 nitrogen and oxygen atoms in total. The number of hydrazine groups is 1. The molecule has 7 heteroatoms. The van der Waals surface area contributed by atoms with Crippen molar-refractivity contribution in [3.63, 3.8) is 0 Å². The maximum Gasteiger partial charge on any atom is 0.267 e. The highest BCUT2D eigenvalue weighted by Gasteiger charge is 2.06. The van der Waals surface area contributed by atoms with E-state index in [1.807, 2.05) is 10.3 Å². The van der Waals surface area contributed by atoms with Crippen molar-refractivity contribution in [2.24, 2.45) is 0 Å². The summed E-state index contributed by atoms with van der Waals surface area (Å²) in [6, 6.07) is 3.10. The van der Waals surface area contributed by atoms with Gasteiger partial charge in [0.15, 0.2) is 0 Å². The van der Waals surface area contributed by atoms with Crippen LogP contribution in [-0.4, -0.2) is 25.6 Å². The maximum atomic E-state index is 11.2. The number of amides is 1. The predicted octanol–water partition coefficient (Wildman–Crippen LogP) is -0.724. The molecule has 0 fully saturated rings. The zero-order valence-corrected chi connectivity index (χ0v) is 8.21. The molecular weight excluding hydrogens is 206 g/mol. The molecule has 1 heterocycles. The molecule has 0 atom stereocenters. The van der Waals surface area contributed by atoms with Crippen LogP contribution in [0.1, 0.15) is 10.4 Å². The minimum atomic E-state index is -3.43. The highest BCUT2D eigenvalue weighted by molar-refractivity contribution is 7.88. The Kier molecular flexibility index (Phi) is 3.15. The quantitative estimate of drug-likeness (QED) is 0.651. The molecule has 0 saturated heterocycles. The number of hydrogen-bond acceptors (Lipinski definition) is 4. The summed E-state index contributed by atoms with van der Waals surface area (Å²) >= 11 is 0. The van der Waals surface area contributed by atoms with E-state index in [0.717, 1.165) is 6.26 Å². The molecular formula is C7H9N3O3S. The van der Waals surface area contributed by atoms with E-state index in [1.54, 1.807) is 6.07 Å². The van der Waals surface area contributed by atoms with Gasteiger partial charge in [0.2, 0.25) is 10.0 Å². The van der Waals surface area contributed by atoms with Crippen molar-refractivity contribution in [2.45, 2.75) is 0 Å². The molecule has 76 valence electrons. The zero-order valence-electron chi connectivity index (χ0n) is 7.39. The smallest absolute Gasteiger partial charge is 0.267 e. The van der Waals surface area contributed by atoms with Gasteiger partial charge in [-0.1, -0.05) is 0 Å². The number of hydrogen-bond donors (Lipinski definition) is 2. The molecule has 0 unspecified atom stereocenters. The number of rotatable bonds is 3. The molecule has 0 spiro atoms. The Morgan fingerprint density at radius 1 is 1.50 bits per heavy atom. The number of nitrogens with zero attached hydrogens (tertiary/aromatic N) is 1. The SMILES string of the molecule is CS(=O)(=O)NNC(=O)c1cccnc1. The summed E-state index contributed by atoms with van der Waals surface area (Å²) in [5.41, 5.74) is 2.30. The van der Waals surface area contributed by atoms with E-state index in [0.29, 0.717) is 0 Å². The fraction of sp³-hybridized carbons (Fsp3) is 0.143. The topological polar surface area (TPSA) is 88.2 Å². The van der Waals surface area contributed by atoms with Crippen LogP contribution in [0.3, 0.4) is 0 Å². The van der Waals surface area contributed by atoms with E-state index >= 15 is 0 Å². The lowest BCUT2D eigenvalue weighted by Crippen LogP contribution is -2.40. The monoisotopic (exact) mass is 215 g/mol. The second-order valence-electron chi connectivity index (χ2n) is 2.57. The summed E-state index contributed by atoms with van der Waals surface area (Å²) < 4.78 is 21.3. The molecule has 0 aliphatic carbocycles. The summed E-state index contributed by atoms with van der Waals surface area (Å²) in [6.07, 6.45) is 3.79. The normalized spacial score (nSPS) is 10.9. The van der Waals surface area contributed by atoms with Gasteiger partial charge in [0.05, 0.1) is 11.8 Å². The third kappa shape index (κ3) is 3.50. The molecule has 0 bridgehead atoms. The molecule has 0 radical (unpaired) electrons. The predicted molar refractivity (Wildman–Crippen MR) is 49.7 cm³/mol. The fourth-order valence-electron chi connectivity index (χ4n) is 0.708. The van der Waals surface area contributed by atoms with Gasteiger partial charge in [0.25, 0.3) is 5.91 Å². The van der Waals surface area contributed by atoms with Crippen LogP contribution in [0.25, 0.3) is 0 Å². The number of aromatic nitrogens is 1. The van der Waals surface area contributed by atoms with Gasteiger partial charge < -0.3 is 0 Å². The van der Waals surface area contributed by atoms with Gasteiger partial charge in [-0.15, -0.1) is 4.83 Å². The molecule has 1 aromatic rings. The standard InChI is InChI=1S/C7H9N3O3S/c1-14(12,13)10-9-7(11)6-3-2-4-8-5-6/h2-5,10H,1H3,(H,9,11). The van der Waals surface area contributed by atoms with Crippen molar-refractivity contribution in [3.05, 3.63) is 30.1 Å². The first-order valence-corrected chi connectivity index (χ1v) is 5.55. The van der Waals surface area contributed by atoms with Gasteiger partial charge in [-0.2, -0.15) is 0 Å². The lowest BCUT2D eigenvalue weighted by atomic mass is 10.3. The largest absolute Gasteiger partial charge is 0.274 e. The van der Waals surface area contributed by atoms with Crippen LogP contribution in [0.15, 0.2) is 24.5 Å². The lowest BCUT2D eigenvalue weighted by Gasteiger charge is -2.03. The van der Waals surface area contributed by atoms with Crippen LogP contribution in [-0.2, 0) is 10.0 Å². The van der Waals surface area contributed by atoms with Crippen LogP contribution >= 0.6 is 0 Å². The second-order valence-corrected chi connectivity index (χ2v) is 4.32. The zero-order chi connectivity index (χ0) is 10.6. The van der Waals surface area contributed by atoms with Gasteiger partial charge in [-0.3, -0.25) is 15.2 Å². The third-order valence-corrected chi connectivity index (χ3v) is 1.75. The Labute approximate surface area is 81.4 Å². The summed E-state index contributed by atoms with van der Waals surface area (Å²) in [5.74, 6) is -0.552. The summed E-state index contributed by atoms with van der Waals surface area (Å²) in [6.45, 7) is 0. The first-order chi connectivity index (χ1) is 6.49. The number of nitrogens with one attached hydrogen (secondary N) is 2. The van der Waals surface area contributed by atoms with E-state index < -0.39 is 15.9 Å². The van der Waals surface area contributed by atoms with Crippen LogP contribution in [0.4, 0.5) is 0 Å². The first-order valence-electron chi connectivity index (χ1n) is 3.66. The van der Waals surface area contributed by atoms with Gasteiger partial charge in [-0.05, 0) is 12.1 Å². The molecule has 1 aromatic heterocycles. The molecule has 0 saturated carbocycles. The Bertz CT molecular complexity index is 415. The number of pyridine rings is 1. The van der Waals surface area contributed by atoms with Crippen molar-refractivity contribution in [2.75, 3.05) is 6.26 Å². The number of sulfonamides is 1. The number of carbonyl (C=O) groups is 1. The van der Waals surface area contributed by atoms with Crippen molar-refractivity contribution in [1.29, 1.82) is 0 Å². The molecule has 0 aliphatic heterocycles. The van der Waals surface area contributed by atoms with Crippen molar-refractivity contribution in [3.8, 4) is 0 Å². The van der Waals surface area contributed by atoms with Gasteiger partial charge in [0.1, 0.15) is 0 Å². The van der Waals surface area contributed by atoms with Crippen LogP contribution in [0, 0.1) is 0 Å². The minimum Gasteiger partial charge on any atom is -0.274 e. The molecule has 1 amide bonds. The van der Waals surface area contributed by atoms with Crippen LogP contribution in [0.2, 0.25) is 0 Å². The van der Waals surface area contributed by atoms with E-state index in [2.05, 4.69) is 4.98 Å². The third-order valence-electron chi connectivity index (χ3n) is 1.27. The van der Waals surface area contributed by atoms with E-state index in [4.69, 9.17) is 0 Å². The summed E-state index contributed by atoms with van der Waals surface area (Å²) in [5, 5.41) is 0. The average Bonchev–Trinajstić information content (AvgIpc) is 2.14. The Balaban J connectivity index is 2.61.